The molecule has 6 heteroatoms. The predicted octanol–water partition coefficient (Wildman–Crippen LogP) is 2.86. The van der Waals surface area contributed by atoms with Crippen LogP contribution in [0.3, 0.4) is 0 Å². The minimum absolute atomic E-state index is 0.187. The Kier molecular flexibility index (Phi) is 3.84. The molecule has 2 bridgehead atoms. The van der Waals surface area contributed by atoms with E-state index in [0.29, 0.717) is 11.4 Å². The van der Waals surface area contributed by atoms with Crippen molar-refractivity contribution in [3.63, 3.8) is 0 Å². The van der Waals surface area contributed by atoms with Gasteiger partial charge in [0.05, 0.1) is 4.90 Å². The number of halogens is 1. The Hall–Kier alpha value is -0.910. The molecular weight excluding hydrogens is 310 g/mol. The van der Waals surface area contributed by atoms with Gasteiger partial charge in [-0.05, 0) is 37.1 Å². The van der Waals surface area contributed by atoms with E-state index < -0.39 is 10.0 Å². The van der Waals surface area contributed by atoms with Gasteiger partial charge in [-0.2, -0.15) is 4.31 Å². The van der Waals surface area contributed by atoms with Crippen molar-refractivity contribution in [3.8, 4) is 0 Å². The lowest BCUT2D eigenvalue weighted by atomic mass is 9.79. The zero-order valence-electron chi connectivity index (χ0n) is 11.8. The van der Waals surface area contributed by atoms with Crippen LogP contribution in [0.4, 0.5) is 0 Å². The molecule has 0 amide bonds. The molecule has 2 aliphatic heterocycles. The minimum atomic E-state index is -3.57. The van der Waals surface area contributed by atoms with E-state index in [0.717, 1.165) is 19.3 Å². The number of fused-ring (bicyclic) bond motifs is 2. The van der Waals surface area contributed by atoms with Crippen molar-refractivity contribution in [2.45, 2.75) is 49.6 Å². The fourth-order valence-electron chi connectivity index (χ4n) is 3.49. The largest absolute Gasteiger partial charge is 0.299 e. The van der Waals surface area contributed by atoms with Crippen LogP contribution in [-0.4, -0.2) is 30.6 Å². The number of Topliss-reactive ketones (excluding diaryl/α,β-unsaturated/α-hetero) is 1. The van der Waals surface area contributed by atoms with Gasteiger partial charge in [0.1, 0.15) is 5.78 Å². The van der Waals surface area contributed by atoms with E-state index in [1.165, 1.54) is 12.1 Å². The van der Waals surface area contributed by atoms with Gasteiger partial charge in [-0.3, -0.25) is 4.79 Å². The minimum Gasteiger partial charge on any atom is -0.299 e. The summed E-state index contributed by atoms with van der Waals surface area (Å²) in [6.07, 6.45) is 2.85. The van der Waals surface area contributed by atoms with Crippen LogP contribution in [0.2, 0.25) is 5.02 Å². The molecule has 0 saturated carbocycles. The van der Waals surface area contributed by atoms with E-state index >= 15 is 0 Å². The fraction of sp³-hybridized carbons (Fsp3) is 0.533. The highest BCUT2D eigenvalue weighted by molar-refractivity contribution is 7.89. The number of sulfonamides is 1. The normalized spacial score (nSPS) is 30.4. The molecule has 2 heterocycles. The van der Waals surface area contributed by atoms with Crippen molar-refractivity contribution in [3.05, 3.63) is 29.3 Å². The van der Waals surface area contributed by atoms with Gasteiger partial charge in [-0.1, -0.05) is 24.9 Å². The summed E-state index contributed by atoms with van der Waals surface area (Å²) in [7, 11) is -3.57. The van der Waals surface area contributed by atoms with Crippen LogP contribution in [0.5, 0.6) is 0 Å². The van der Waals surface area contributed by atoms with E-state index in [-0.39, 0.29) is 28.7 Å². The summed E-state index contributed by atoms with van der Waals surface area (Å²) < 4.78 is 27.5. The molecule has 0 radical (unpaired) electrons. The van der Waals surface area contributed by atoms with E-state index in [2.05, 4.69) is 0 Å². The third kappa shape index (κ3) is 2.51. The maximum atomic E-state index is 12.9. The van der Waals surface area contributed by atoms with Gasteiger partial charge in [0.15, 0.2) is 0 Å². The molecule has 0 aromatic heterocycles. The molecule has 4 nitrogen and oxygen atoms in total. The zero-order valence-corrected chi connectivity index (χ0v) is 13.4. The molecule has 114 valence electrons. The number of benzene rings is 1. The summed E-state index contributed by atoms with van der Waals surface area (Å²) in [6.45, 7) is 1.85. The summed E-state index contributed by atoms with van der Waals surface area (Å²) in [6, 6.07) is 5.85. The Morgan fingerprint density at radius 2 is 1.86 bits per heavy atom. The lowest BCUT2D eigenvalue weighted by Gasteiger charge is -2.47. The number of piperidine rings is 2. The average Bonchev–Trinajstić information content (AvgIpc) is 2.45. The highest BCUT2D eigenvalue weighted by atomic mass is 35.5. The number of nitrogens with zero attached hydrogens (tertiary/aromatic N) is 1. The topological polar surface area (TPSA) is 54.5 Å². The third-order valence-electron chi connectivity index (χ3n) is 4.63. The molecule has 21 heavy (non-hydrogen) atoms. The Labute approximate surface area is 130 Å². The van der Waals surface area contributed by atoms with E-state index in [4.69, 9.17) is 11.6 Å². The Morgan fingerprint density at radius 3 is 2.52 bits per heavy atom. The van der Waals surface area contributed by atoms with Crippen molar-refractivity contribution in [1.29, 1.82) is 0 Å². The Balaban J connectivity index is 2.01. The van der Waals surface area contributed by atoms with Gasteiger partial charge in [-0.15, -0.1) is 0 Å². The molecule has 3 rings (SSSR count). The lowest BCUT2D eigenvalue weighted by molar-refractivity contribution is -0.129. The molecule has 0 spiro atoms. The highest BCUT2D eigenvalue weighted by Crippen LogP contribution is 2.39. The van der Waals surface area contributed by atoms with Gasteiger partial charge in [-0.25, -0.2) is 8.42 Å². The summed E-state index contributed by atoms with van der Waals surface area (Å²) in [4.78, 5) is 12.3. The molecule has 2 aliphatic rings. The average molecular weight is 328 g/mol. The van der Waals surface area contributed by atoms with Gasteiger partial charge in [0.2, 0.25) is 10.0 Å². The van der Waals surface area contributed by atoms with Gasteiger partial charge < -0.3 is 0 Å². The van der Waals surface area contributed by atoms with Crippen LogP contribution in [0.15, 0.2) is 29.2 Å². The maximum absolute atomic E-state index is 12.9. The number of ketones is 1. The van der Waals surface area contributed by atoms with Gasteiger partial charge in [0.25, 0.3) is 0 Å². The molecule has 1 aromatic rings. The van der Waals surface area contributed by atoms with Crippen molar-refractivity contribution in [1.82, 2.24) is 4.31 Å². The van der Waals surface area contributed by atoms with E-state index in [1.54, 1.807) is 16.4 Å². The Bertz CT molecular complexity index is 656. The first-order valence-electron chi connectivity index (χ1n) is 7.23. The quantitative estimate of drug-likeness (QED) is 0.839. The number of rotatable bonds is 2. The monoisotopic (exact) mass is 327 g/mol. The van der Waals surface area contributed by atoms with Crippen LogP contribution in [0.1, 0.15) is 32.6 Å². The summed E-state index contributed by atoms with van der Waals surface area (Å²) in [5.74, 6) is -0.0316. The number of hydrogen-bond donors (Lipinski definition) is 0. The van der Waals surface area contributed by atoms with Crippen LogP contribution >= 0.6 is 11.6 Å². The lowest BCUT2D eigenvalue weighted by Crippen LogP contribution is -2.58. The number of carbonyl (C=O) groups excluding carboxylic acids is 1. The zero-order chi connectivity index (χ0) is 15.2. The molecular formula is C15H18ClNO3S. The van der Waals surface area contributed by atoms with Crippen LogP contribution < -0.4 is 0 Å². The second-order valence-electron chi connectivity index (χ2n) is 5.90. The maximum Gasteiger partial charge on any atom is 0.243 e. The fourth-order valence-corrected chi connectivity index (χ4v) is 5.55. The molecule has 0 N–H and O–H groups in total. The first-order valence-corrected chi connectivity index (χ1v) is 9.05. The van der Waals surface area contributed by atoms with Crippen molar-refractivity contribution < 1.29 is 13.2 Å². The van der Waals surface area contributed by atoms with E-state index in [1.807, 2.05) is 6.92 Å². The number of carbonyl (C=O) groups is 1. The summed E-state index contributed by atoms with van der Waals surface area (Å²) in [5.41, 5.74) is 0. The summed E-state index contributed by atoms with van der Waals surface area (Å²) in [5, 5.41) is 0.510. The second-order valence-corrected chi connectivity index (χ2v) is 8.18. The van der Waals surface area contributed by atoms with Crippen LogP contribution in [0, 0.1) is 5.92 Å². The first-order chi connectivity index (χ1) is 9.91. The van der Waals surface area contributed by atoms with Crippen LogP contribution in [0.25, 0.3) is 0 Å². The van der Waals surface area contributed by atoms with Crippen molar-refractivity contribution in [2.75, 3.05) is 0 Å². The van der Waals surface area contributed by atoms with Gasteiger partial charge in [0, 0.05) is 29.4 Å². The first kappa shape index (κ1) is 15.0. The third-order valence-corrected chi connectivity index (χ3v) is 6.88. The molecule has 2 fully saturated rings. The molecule has 2 saturated heterocycles. The van der Waals surface area contributed by atoms with Gasteiger partial charge >= 0.3 is 0 Å². The number of hydrogen-bond acceptors (Lipinski definition) is 3. The second kappa shape index (κ2) is 5.38. The molecule has 0 aliphatic carbocycles. The molecule has 3 unspecified atom stereocenters. The standard InChI is InChI=1S/C15H18ClNO3S/c1-10-14-4-2-3-12(9-15(10)18)17(14)21(19,20)13-7-5-11(16)6-8-13/h5-8,10,12,14H,2-4,9H2,1H3. The molecule has 1 aromatic carbocycles. The summed E-state index contributed by atoms with van der Waals surface area (Å²) >= 11 is 5.83. The smallest absolute Gasteiger partial charge is 0.243 e. The van der Waals surface area contributed by atoms with Crippen molar-refractivity contribution >= 4 is 27.4 Å². The molecule has 3 atom stereocenters. The predicted molar refractivity (Wildman–Crippen MR) is 80.7 cm³/mol. The highest BCUT2D eigenvalue weighted by Gasteiger charge is 2.48. The van der Waals surface area contributed by atoms with Crippen molar-refractivity contribution in [2.24, 2.45) is 5.92 Å². The SMILES string of the molecule is CC1C(=O)CC2CCCC1N2S(=O)(=O)c1ccc(Cl)cc1. The van der Waals surface area contributed by atoms with Crippen LogP contribution in [-0.2, 0) is 14.8 Å². The van der Waals surface area contributed by atoms with E-state index in [9.17, 15) is 13.2 Å². The Morgan fingerprint density at radius 1 is 1.19 bits per heavy atom.